The summed E-state index contributed by atoms with van der Waals surface area (Å²) < 4.78 is 79.1. The standard InChI is InChI=1S/C18H12F6N2O2/c19-10-3-4-14(21)12(5-10)15-7-16(28-26-15)17(27)25-8-9-1-2-11(20)6-13(9)18(22,23)24/h1-6,16H,7-8H2,(H,25,27). The van der Waals surface area contributed by atoms with E-state index < -0.39 is 47.7 Å². The molecule has 0 saturated heterocycles. The first kappa shape index (κ1) is 19.7. The Balaban J connectivity index is 1.66. The minimum Gasteiger partial charge on any atom is -0.382 e. The van der Waals surface area contributed by atoms with Gasteiger partial charge in [-0.15, -0.1) is 0 Å². The molecular formula is C18H12F6N2O2. The molecule has 4 nitrogen and oxygen atoms in total. The Labute approximate surface area is 154 Å². The van der Waals surface area contributed by atoms with Gasteiger partial charge in [0, 0.05) is 18.5 Å². The maximum Gasteiger partial charge on any atom is 0.416 e. The van der Waals surface area contributed by atoms with Gasteiger partial charge in [0.05, 0.1) is 11.3 Å². The van der Waals surface area contributed by atoms with Crippen LogP contribution in [0.15, 0.2) is 41.6 Å². The molecule has 1 N–H and O–H groups in total. The predicted molar refractivity (Wildman–Crippen MR) is 85.6 cm³/mol. The van der Waals surface area contributed by atoms with Gasteiger partial charge in [0.2, 0.25) is 6.10 Å². The molecule has 0 radical (unpaired) electrons. The molecule has 3 rings (SSSR count). The molecule has 2 aromatic carbocycles. The fourth-order valence-electron chi connectivity index (χ4n) is 2.66. The summed E-state index contributed by atoms with van der Waals surface area (Å²) in [6.45, 7) is -0.530. The molecule has 0 saturated carbocycles. The number of halogens is 6. The fraction of sp³-hybridized carbons (Fsp3) is 0.222. The smallest absolute Gasteiger partial charge is 0.382 e. The molecule has 1 unspecified atom stereocenters. The molecule has 148 valence electrons. The van der Waals surface area contributed by atoms with E-state index in [-0.39, 0.29) is 23.3 Å². The third-order valence-electron chi connectivity index (χ3n) is 4.03. The van der Waals surface area contributed by atoms with E-state index in [4.69, 9.17) is 4.84 Å². The van der Waals surface area contributed by atoms with Crippen molar-refractivity contribution in [2.24, 2.45) is 5.16 Å². The summed E-state index contributed by atoms with van der Waals surface area (Å²) in [6.07, 6.45) is -6.20. The number of oxime groups is 1. The Hall–Kier alpha value is -3.04. The van der Waals surface area contributed by atoms with E-state index >= 15 is 0 Å². The van der Waals surface area contributed by atoms with Crippen molar-refractivity contribution < 1.29 is 36.0 Å². The van der Waals surface area contributed by atoms with Crippen molar-refractivity contribution in [3.8, 4) is 0 Å². The van der Waals surface area contributed by atoms with Gasteiger partial charge in [0.25, 0.3) is 5.91 Å². The van der Waals surface area contributed by atoms with Crippen LogP contribution in [0.5, 0.6) is 0 Å². The summed E-state index contributed by atoms with van der Waals surface area (Å²) in [7, 11) is 0. The summed E-state index contributed by atoms with van der Waals surface area (Å²) >= 11 is 0. The van der Waals surface area contributed by atoms with E-state index in [0.29, 0.717) is 6.07 Å². The van der Waals surface area contributed by atoms with Gasteiger partial charge in [-0.1, -0.05) is 11.2 Å². The Bertz CT molecular complexity index is 942. The number of carbonyl (C=O) groups is 1. The summed E-state index contributed by atoms with van der Waals surface area (Å²) in [5.41, 5.74) is -1.72. The first-order chi connectivity index (χ1) is 13.1. The highest BCUT2D eigenvalue weighted by atomic mass is 19.4. The van der Waals surface area contributed by atoms with Gasteiger partial charge in [0.1, 0.15) is 17.5 Å². The minimum absolute atomic E-state index is 0.00471. The normalized spacial score (nSPS) is 16.5. The summed E-state index contributed by atoms with van der Waals surface area (Å²) in [6, 6.07) is 4.80. The lowest BCUT2D eigenvalue weighted by molar-refractivity contribution is -0.139. The largest absolute Gasteiger partial charge is 0.416 e. The van der Waals surface area contributed by atoms with Crippen molar-refractivity contribution in [3.05, 3.63) is 70.5 Å². The van der Waals surface area contributed by atoms with Crippen molar-refractivity contribution >= 4 is 11.6 Å². The van der Waals surface area contributed by atoms with Crippen molar-refractivity contribution in [2.75, 3.05) is 0 Å². The van der Waals surface area contributed by atoms with Crippen molar-refractivity contribution in [3.63, 3.8) is 0 Å². The summed E-state index contributed by atoms with van der Waals surface area (Å²) in [5.74, 6) is -3.32. The van der Waals surface area contributed by atoms with Crippen molar-refractivity contribution in [1.29, 1.82) is 0 Å². The molecule has 0 bridgehead atoms. The van der Waals surface area contributed by atoms with Gasteiger partial charge in [-0.2, -0.15) is 13.2 Å². The second-order valence-electron chi connectivity index (χ2n) is 5.98. The van der Waals surface area contributed by atoms with E-state index in [1.54, 1.807) is 0 Å². The van der Waals surface area contributed by atoms with Gasteiger partial charge >= 0.3 is 6.18 Å². The maximum atomic E-state index is 13.8. The number of hydrogen-bond acceptors (Lipinski definition) is 3. The van der Waals surface area contributed by atoms with E-state index in [2.05, 4.69) is 10.5 Å². The molecule has 28 heavy (non-hydrogen) atoms. The SMILES string of the molecule is O=C(NCc1ccc(F)cc1C(F)(F)F)C1CC(c2cc(F)ccc2F)=NO1. The van der Waals surface area contributed by atoms with Crippen LogP contribution < -0.4 is 5.32 Å². The van der Waals surface area contributed by atoms with Crippen LogP contribution in [0.3, 0.4) is 0 Å². The third kappa shape index (κ3) is 4.26. The van der Waals surface area contributed by atoms with Crippen LogP contribution in [0, 0.1) is 17.5 Å². The Morgan fingerprint density at radius 2 is 1.79 bits per heavy atom. The molecule has 1 aliphatic heterocycles. The Kier molecular flexibility index (Phi) is 5.30. The quantitative estimate of drug-likeness (QED) is 0.788. The molecule has 10 heteroatoms. The molecule has 2 aromatic rings. The molecular weight excluding hydrogens is 390 g/mol. The third-order valence-corrected chi connectivity index (χ3v) is 4.03. The number of rotatable bonds is 4. The van der Waals surface area contributed by atoms with E-state index in [1.165, 1.54) is 0 Å². The number of alkyl halides is 3. The van der Waals surface area contributed by atoms with Crippen LogP contribution in [0.1, 0.15) is 23.1 Å². The lowest BCUT2D eigenvalue weighted by Gasteiger charge is -2.14. The Morgan fingerprint density at radius 3 is 2.50 bits per heavy atom. The fourth-order valence-corrected chi connectivity index (χ4v) is 2.66. The highest BCUT2D eigenvalue weighted by molar-refractivity contribution is 6.04. The second-order valence-corrected chi connectivity index (χ2v) is 5.98. The zero-order chi connectivity index (χ0) is 20.5. The number of nitrogens with one attached hydrogen (secondary N) is 1. The first-order valence-electron chi connectivity index (χ1n) is 7.96. The molecule has 1 atom stereocenters. The molecule has 0 fully saturated rings. The number of benzene rings is 2. The van der Waals surface area contributed by atoms with Gasteiger partial charge in [-0.25, -0.2) is 13.2 Å². The maximum absolute atomic E-state index is 13.8. The zero-order valence-corrected chi connectivity index (χ0v) is 14.0. The lowest BCUT2D eigenvalue weighted by Crippen LogP contribution is -2.35. The average Bonchev–Trinajstić information content (AvgIpc) is 3.11. The van der Waals surface area contributed by atoms with E-state index in [0.717, 1.165) is 30.3 Å². The van der Waals surface area contributed by atoms with Crippen LogP contribution in [0.2, 0.25) is 0 Å². The number of carbonyl (C=O) groups excluding carboxylic acids is 1. The van der Waals surface area contributed by atoms with Crippen molar-refractivity contribution in [2.45, 2.75) is 25.2 Å². The van der Waals surface area contributed by atoms with Crippen LogP contribution in [0.4, 0.5) is 26.3 Å². The van der Waals surface area contributed by atoms with Gasteiger partial charge in [-0.05, 0) is 35.9 Å². The van der Waals surface area contributed by atoms with Crippen LogP contribution >= 0.6 is 0 Å². The summed E-state index contributed by atoms with van der Waals surface area (Å²) in [4.78, 5) is 17.0. The van der Waals surface area contributed by atoms with Crippen LogP contribution in [0.25, 0.3) is 0 Å². The lowest BCUT2D eigenvalue weighted by atomic mass is 10.0. The van der Waals surface area contributed by atoms with Gasteiger partial charge in [0.15, 0.2) is 0 Å². The highest BCUT2D eigenvalue weighted by Gasteiger charge is 2.34. The Morgan fingerprint density at radius 1 is 1.11 bits per heavy atom. The average molecular weight is 402 g/mol. The molecule has 0 spiro atoms. The predicted octanol–water partition coefficient (Wildman–Crippen LogP) is 3.93. The molecule has 1 heterocycles. The van der Waals surface area contributed by atoms with Gasteiger partial charge in [-0.3, -0.25) is 4.79 Å². The minimum atomic E-state index is -4.79. The summed E-state index contributed by atoms with van der Waals surface area (Å²) in [5, 5.41) is 5.80. The van der Waals surface area contributed by atoms with Crippen LogP contribution in [-0.4, -0.2) is 17.7 Å². The number of amides is 1. The molecule has 0 aromatic heterocycles. The molecule has 0 aliphatic carbocycles. The monoisotopic (exact) mass is 402 g/mol. The second kappa shape index (κ2) is 7.53. The molecule has 1 amide bonds. The van der Waals surface area contributed by atoms with Crippen LogP contribution in [-0.2, 0) is 22.4 Å². The first-order valence-corrected chi connectivity index (χ1v) is 7.96. The highest BCUT2D eigenvalue weighted by Crippen LogP contribution is 2.32. The number of nitrogens with zero attached hydrogens (tertiary/aromatic N) is 1. The van der Waals surface area contributed by atoms with E-state index in [1.807, 2.05) is 0 Å². The molecule has 1 aliphatic rings. The van der Waals surface area contributed by atoms with E-state index in [9.17, 15) is 31.1 Å². The topological polar surface area (TPSA) is 50.7 Å². The number of hydrogen-bond donors (Lipinski definition) is 1. The zero-order valence-electron chi connectivity index (χ0n) is 14.0. The van der Waals surface area contributed by atoms with Crippen molar-refractivity contribution in [1.82, 2.24) is 5.32 Å². The van der Waals surface area contributed by atoms with Gasteiger partial charge < -0.3 is 10.2 Å².